The van der Waals surface area contributed by atoms with Crippen LogP contribution in [0.2, 0.25) is 0 Å². The van der Waals surface area contributed by atoms with E-state index in [0.29, 0.717) is 0 Å². The molecule has 12 rings (SSSR count). The summed E-state index contributed by atoms with van der Waals surface area (Å²) in [5, 5.41) is 17.2. The maximum atomic E-state index is 2.51. The third-order valence-corrected chi connectivity index (χ3v) is 12.1. The van der Waals surface area contributed by atoms with E-state index in [1.807, 2.05) is 0 Å². The van der Waals surface area contributed by atoms with E-state index >= 15 is 0 Å². The summed E-state index contributed by atoms with van der Waals surface area (Å²) in [7, 11) is 0. The number of benzene rings is 12. The maximum Gasteiger partial charge on any atom is 0.0542 e. The minimum atomic E-state index is 1.13. The topological polar surface area (TPSA) is 6.48 Å². The van der Waals surface area contributed by atoms with Gasteiger partial charge in [0.25, 0.3) is 0 Å². The zero-order valence-corrected chi connectivity index (χ0v) is 31.7. The number of fused-ring (bicyclic) bond motifs is 4. The number of nitrogens with zero attached hydrogens (tertiary/aromatic N) is 2. The lowest BCUT2D eigenvalue weighted by Gasteiger charge is -2.32. The van der Waals surface area contributed by atoms with Gasteiger partial charge in [0.15, 0.2) is 0 Å². The molecule has 12 aromatic rings. The Labute approximate surface area is 336 Å². The van der Waals surface area contributed by atoms with Gasteiger partial charge in [0.2, 0.25) is 0 Å². The van der Waals surface area contributed by atoms with E-state index in [9.17, 15) is 0 Å². The Kier molecular flexibility index (Phi) is 7.26. The molecule has 270 valence electrons. The molecule has 0 N–H and O–H groups in total. The number of hydrogen-bond acceptors (Lipinski definition) is 2. The largest absolute Gasteiger partial charge is 0.309 e. The van der Waals surface area contributed by atoms with Crippen LogP contribution in [0.5, 0.6) is 0 Å². The fourth-order valence-corrected chi connectivity index (χ4v) is 9.56. The zero-order valence-electron chi connectivity index (χ0n) is 31.7. The first-order chi connectivity index (χ1) is 28.8. The highest BCUT2D eigenvalue weighted by Crippen LogP contribution is 2.50. The van der Waals surface area contributed by atoms with Crippen LogP contribution in [-0.2, 0) is 0 Å². The summed E-state index contributed by atoms with van der Waals surface area (Å²) in [5.41, 5.74) is 6.84. The third kappa shape index (κ3) is 4.92. The van der Waals surface area contributed by atoms with Gasteiger partial charge in [0.1, 0.15) is 0 Å². The van der Waals surface area contributed by atoms with Crippen LogP contribution in [0.1, 0.15) is 0 Å². The van der Waals surface area contributed by atoms with Gasteiger partial charge in [-0.1, -0.05) is 182 Å². The summed E-state index contributed by atoms with van der Waals surface area (Å²) < 4.78 is 0. The average molecular weight is 737 g/mol. The van der Waals surface area contributed by atoms with Crippen LogP contribution in [0.15, 0.2) is 218 Å². The lowest BCUT2D eigenvalue weighted by Crippen LogP contribution is -2.14. The Morgan fingerprint density at radius 3 is 0.948 bits per heavy atom. The third-order valence-electron chi connectivity index (χ3n) is 12.1. The van der Waals surface area contributed by atoms with Crippen molar-refractivity contribution in [3.05, 3.63) is 218 Å². The molecule has 0 amide bonds. The lowest BCUT2D eigenvalue weighted by atomic mass is 9.92. The van der Waals surface area contributed by atoms with Gasteiger partial charge in [-0.15, -0.1) is 0 Å². The number of anilines is 6. The minimum Gasteiger partial charge on any atom is -0.309 e. The van der Waals surface area contributed by atoms with Crippen LogP contribution in [0.3, 0.4) is 0 Å². The normalized spacial score (nSPS) is 11.8. The molecule has 0 fully saturated rings. The molecular weight excluding hydrogens is 701 g/mol. The molecule has 0 unspecified atom stereocenters. The molecule has 0 spiro atoms. The predicted octanol–water partition coefficient (Wildman–Crippen LogP) is 16.1. The van der Waals surface area contributed by atoms with Gasteiger partial charge in [-0.05, 0) is 79.5 Å². The van der Waals surface area contributed by atoms with E-state index in [2.05, 4.69) is 228 Å². The first kappa shape index (κ1) is 32.6. The molecular formula is C56H36N2. The molecule has 0 saturated carbocycles. The first-order valence-corrected chi connectivity index (χ1v) is 20.0. The molecule has 0 atom stereocenters. The molecule has 58 heavy (non-hydrogen) atoms. The molecule has 2 nitrogen and oxygen atoms in total. The van der Waals surface area contributed by atoms with Crippen LogP contribution in [0, 0.1) is 0 Å². The van der Waals surface area contributed by atoms with Crippen LogP contribution in [0.4, 0.5) is 34.1 Å². The van der Waals surface area contributed by atoms with E-state index in [1.54, 1.807) is 0 Å². The van der Waals surface area contributed by atoms with Crippen LogP contribution >= 0.6 is 0 Å². The van der Waals surface area contributed by atoms with Crippen LogP contribution in [-0.4, -0.2) is 0 Å². The van der Waals surface area contributed by atoms with E-state index in [0.717, 1.165) is 34.1 Å². The van der Waals surface area contributed by atoms with Gasteiger partial charge in [-0.2, -0.15) is 0 Å². The second-order valence-electron chi connectivity index (χ2n) is 15.3. The second-order valence-corrected chi connectivity index (χ2v) is 15.3. The van der Waals surface area contributed by atoms with Crippen molar-refractivity contribution in [1.82, 2.24) is 0 Å². The van der Waals surface area contributed by atoms with Crippen molar-refractivity contribution in [2.45, 2.75) is 0 Å². The average Bonchev–Trinajstić information content (AvgIpc) is 3.29. The van der Waals surface area contributed by atoms with Crippen molar-refractivity contribution >= 4 is 110 Å². The summed E-state index contributed by atoms with van der Waals surface area (Å²) in [6, 6.07) is 80.3. The van der Waals surface area contributed by atoms with Gasteiger partial charge >= 0.3 is 0 Å². The monoisotopic (exact) mass is 736 g/mol. The molecule has 2 heteroatoms. The quantitative estimate of drug-likeness (QED) is 0.157. The van der Waals surface area contributed by atoms with Gasteiger partial charge < -0.3 is 9.80 Å². The van der Waals surface area contributed by atoms with Crippen molar-refractivity contribution in [2.24, 2.45) is 0 Å². The van der Waals surface area contributed by atoms with Gasteiger partial charge in [-0.25, -0.2) is 0 Å². The summed E-state index contributed by atoms with van der Waals surface area (Å²) in [4.78, 5) is 5.00. The van der Waals surface area contributed by atoms with Crippen molar-refractivity contribution in [3.63, 3.8) is 0 Å². The molecule has 0 aliphatic heterocycles. The Bertz CT molecular complexity index is 3440. The Morgan fingerprint density at radius 1 is 0.172 bits per heavy atom. The molecule has 0 aliphatic carbocycles. The fourth-order valence-electron chi connectivity index (χ4n) is 9.56. The standard InChI is InChI=1S/C56H36N2/c1-4-21-43-37(13-1)16-10-26-49(43)57(50-27-11-17-38-14-2-5-22-44(38)50)52-35-36-53(47-25-8-7-24-46(47)52)58(51-28-12-18-39-15-3-6-23-45(39)51)54-34-32-42-30-29-40-19-9-20-41-31-33-48(54)56(42)55(40)41/h1-36H. The minimum absolute atomic E-state index is 1.13. The van der Waals surface area contributed by atoms with E-state index < -0.39 is 0 Å². The van der Waals surface area contributed by atoms with Crippen molar-refractivity contribution < 1.29 is 0 Å². The highest BCUT2D eigenvalue weighted by Gasteiger charge is 2.25. The predicted molar refractivity (Wildman–Crippen MR) is 250 cm³/mol. The second kappa shape index (κ2) is 12.9. The van der Waals surface area contributed by atoms with Gasteiger partial charge in [-0.3, -0.25) is 0 Å². The first-order valence-electron chi connectivity index (χ1n) is 20.0. The van der Waals surface area contributed by atoms with Crippen LogP contribution in [0.25, 0.3) is 75.4 Å². The highest BCUT2D eigenvalue weighted by molar-refractivity contribution is 6.26. The smallest absolute Gasteiger partial charge is 0.0542 e. The van der Waals surface area contributed by atoms with Crippen molar-refractivity contribution in [1.29, 1.82) is 0 Å². The number of hydrogen-bond donors (Lipinski definition) is 0. The molecule has 0 saturated heterocycles. The van der Waals surface area contributed by atoms with E-state index in [-0.39, 0.29) is 0 Å². The van der Waals surface area contributed by atoms with Crippen molar-refractivity contribution in [2.75, 3.05) is 9.80 Å². The Morgan fingerprint density at radius 2 is 0.466 bits per heavy atom. The molecule has 0 radical (unpaired) electrons. The molecule has 0 bridgehead atoms. The SMILES string of the molecule is c1ccc2c(N(c3cccc4ccccc34)c3ccc(N(c4cccc5ccccc45)c4ccc5ccc6cccc7ccc4c5c67)c4ccccc34)cccc2c1. The van der Waals surface area contributed by atoms with Gasteiger partial charge in [0, 0.05) is 32.3 Å². The Hall–Kier alpha value is -7.68. The zero-order chi connectivity index (χ0) is 38.2. The summed E-state index contributed by atoms with van der Waals surface area (Å²) in [6.07, 6.45) is 0. The molecule has 0 heterocycles. The summed E-state index contributed by atoms with van der Waals surface area (Å²) >= 11 is 0. The molecule has 0 aromatic heterocycles. The lowest BCUT2D eigenvalue weighted by molar-refractivity contribution is 1.31. The Balaban J connectivity index is 1.18. The van der Waals surface area contributed by atoms with E-state index in [4.69, 9.17) is 0 Å². The van der Waals surface area contributed by atoms with Crippen molar-refractivity contribution in [3.8, 4) is 0 Å². The summed E-state index contributed by atoms with van der Waals surface area (Å²) in [5.74, 6) is 0. The van der Waals surface area contributed by atoms with E-state index in [1.165, 1.54) is 75.4 Å². The molecule has 0 aliphatic rings. The summed E-state index contributed by atoms with van der Waals surface area (Å²) in [6.45, 7) is 0. The number of rotatable bonds is 6. The highest BCUT2D eigenvalue weighted by atomic mass is 15.2. The fraction of sp³-hybridized carbons (Fsp3) is 0. The molecule has 12 aromatic carbocycles. The van der Waals surface area contributed by atoms with Crippen LogP contribution < -0.4 is 9.80 Å². The van der Waals surface area contributed by atoms with Gasteiger partial charge in [0.05, 0.1) is 34.1 Å². The maximum absolute atomic E-state index is 2.51.